The molecule has 2 amide bonds. The number of methoxy groups -OCH3 is 1. The summed E-state index contributed by atoms with van der Waals surface area (Å²) in [5.41, 5.74) is 1.54. The summed E-state index contributed by atoms with van der Waals surface area (Å²) in [6, 6.07) is 12.1. The van der Waals surface area contributed by atoms with Crippen LogP contribution in [0.25, 0.3) is 0 Å². The van der Waals surface area contributed by atoms with Gasteiger partial charge < -0.3 is 19.8 Å². The fourth-order valence-corrected chi connectivity index (χ4v) is 2.94. The average molecular weight is 454 g/mol. The number of nitro benzene ring substituents is 1. The van der Waals surface area contributed by atoms with Crippen LogP contribution in [0.3, 0.4) is 0 Å². The Balaban J connectivity index is 1.69. The minimum absolute atomic E-state index is 0.0221. The van der Waals surface area contributed by atoms with Crippen LogP contribution in [0.2, 0.25) is 0 Å². The summed E-state index contributed by atoms with van der Waals surface area (Å²) in [6.45, 7) is 1.82. The molecule has 3 N–H and O–H groups in total. The number of carbonyl (C=O) groups excluding carboxylic acids is 2. The third-order valence-electron chi connectivity index (χ3n) is 4.35. The number of nitrogens with zero attached hydrogens (tertiary/aromatic N) is 1. The highest BCUT2D eigenvalue weighted by molar-refractivity contribution is 7.80. The molecular formula is C21H18N4O6S. The first kappa shape index (κ1) is 22.4. The number of amides is 2. The third-order valence-corrected chi connectivity index (χ3v) is 4.56. The predicted molar refractivity (Wildman–Crippen MR) is 121 cm³/mol. The lowest BCUT2D eigenvalue weighted by Crippen LogP contribution is -2.34. The van der Waals surface area contributed by atoms with Crippen LogP contribution in [0.5, 0.6) is 5.75 Å². The first-order valence-corrected chi connectivity index (χ1v) is 9.59. The largest absolute Gasteiger partial charge is 0.490 e. The molecule has 0 fully saturated rings. The van der Waals surface area contributed by atoms with Gasteiger partial charge >= 0.3 is 5.69 Å². The quantitative estimate of drug-likeness (QED) is 0.290. The summed E-state index contributed by atoms with van der Waals surface area (Å²) < 4.78 is 9.99. The summed E-state index contributed by atoms with van der Waals surface area (Å²) in [5.74, 6) is -0.845. The second kappa shape index (κ2) is 9.71. The van der Waals surface area contributed by atoms with Gasteiger partial charge in [-0.25, -0.2) is 0 Å². The zero-order valence-electron chi connectivity index (χ0n) is 17.0. The smallest absolute Gasteiger partial charge is 0.311 e. The number of carbonyl (C=O) groups is 2. The number of furan rings is 1. The summed E-state index contributed by atoms with van der Waals surface area (Å²) in [7, 11) is 1.30. The minimum atomic E-state index is -0.641. The molecule has 0 spiro atoms. The molecular weight excluding hydrogens is 436 g/mol. The molecule has 164 valence electrons. The molecule has 10 nitrogen and oxygen atoms in total. The van der Waals surface area contributed by atoms with E-state index in [1.165, 1.54) is 31.6 Å². The number of rotatable bonds is 6. The van der Waals surface area contributed by atoms with Crippen LogP contribution in [0.1, 0.15) is 26.5 Å². The molecule has 0 aliphatic carbocycles. The van der Waals surface area contributed by atoms with E-state index in [0.29, 0.717) is 11.4 Å². The molecule has 3 aromatic rings. The van der Waals surface area contributed by atoms with Crippen LogP contribution in [0.4, 0.5) is 17.1 Å². The number of nitro groups is 1. The lowest BCUT2D eigenvalue weighted by molar-refractivity contribution is -0.385. The van der Waals surface area contributed by atoms with Crippen molar-refractivity contribution < 1.29 is 23.7 Å². The van der Waals surface area contributed by atoms with E-state index in [9.17, 15) is 19.7 Å². The van der Waals surface area contributed by atoms with Crippen molar-refractivity contribution in [1.82, 2.24) is 5.32 Å². The van der Waals surface area contributed by atoms with Crippen molar-refractivity contribution in [2.45, 2.75) is 6.92 Å². The predicted octanol–water partition coefficient (Wildman–Crippen LogP) is 3.88. The van der Waals surface area contributed by atoms with Crippen LogP contribution < -0.4 is 20.7 Å². The van der Waals surface area contributed by atoms with Crippen molar-refractivity contribution in [3.05, 3.63) is 81.8 Å². The Morgan fingerprint density at radius 3 is 2.53 bits per heavy atom. The van der Waals surface area contributed by atoms with Gasteiger partial charge in [0.2, 0.25) is 0 Å². The minimum Gasteiger partial charge on any atom is -0.490 e. The Morgan fingerprint density at radius 2 is 1.88 bits per heavy atom. The topological polar surface area (TPSA) is 136 Å². The normalized spacial score (nSPS) is 10.2. The van der Waals surface area contributed by atoms with Crippen molar-refractivity contribution in [2.75, 3.05) is 17.7 Å². The van der Waals surface area contributed by atoms with Crippen LogP contribution in [-0.2, 0) is 0 Å². The van der Waals surface area contributed by atoms with Gasteiger partial charge in [-0.1, -0.05) is 6.07 Å². The first-order valence-electron chi connectivity index (χ1n) is 9.18. The fraction of sp³-hybridized carbons (Fsp3) is 0.0952. The maximum atomic E-state index is 12.5. The summed E-state index contributed by atoms with van der Waals surface area (Å²) in [6.07, 6.45) is 1.40. The van der Waals surface area contributed by atoms with Gasteiger partial charge in [-0.15, -0.1) is 0 Å². The van der Waals surface area contributed by atoms with E-state index in [1.807, 2.05) is 6.92 Å². The van der Waals surface area contributed by atoms with Gasteiger partial charge in [-0.05, 0) is 61.1 Å². The number of aryl methyl sites for hydroxylation is 1. The summed E-state index contributed by atoms with van der Waals surface area (Å²) in [4.78, 5) is 35.2. The zero-order chi connectivity index (χ0) is 23.3. The number of benzene rings is 2. The number of anilines is 2. The van der Waals surface area contributed by atoms with Crippen molar-refractivity contribution >= 4 is 46.2 Å². The number of hydrogen-bond acceptors (Lipinski definition) is 7. The Morgan fingerprint density at radius 1 is 1.09 bits per heavy atom. The van der Waals surface area contributed by atoms with E-state index in [1.54, 1.807) is 24.3 Å². The summed E-state index contributed by atoms with van der Waals surface area (Å²) in [5, 5.41) is 19.2. The molecule has 0 bridgehead atoms. The number of hydrogen-bond donors (Lipinski definition) is 3. The second-order valence-corrected chi connectivity index (χ2v) is 6.92. The van der Waals surface area contributed by atoms with E-state index in [4.69, 9.17) is 21.4 Å². The molecule has 0 radical (unpaired) electrons. The van der Waals surface area contributed by atoms with Crippen LogP contribution in [0, 0.1) is 17.0 Å². The van der Waals surface area contributed by atoms with Gasteiger partial charge in [0.1, 0.15) is 0 Å². The molecule has 11 heteroatoms. The van der Waals surface area contributed by atoms with Crippen molar-refractivity contribution in [1.29, 1.82) is 0 Å². The van der Waals surface area contributed by atoms with E-state index in [-0.39, 0.29) is 27.9 Å². The van der Waals surface area contributed by atoms with Gasteiger partial charge in [0, 0.05) is 23.0 Å². The van der Waals surface area contributed by atoms with Gasteiger partial charge in [0.05, 0.1) is 18.3 Å². The molecule has 0 aliphatic rings. The van der Waals surface area contributed by atoms with Gasteiger partial charge in [0.25, 0.3) is 11.8 Å². The second-order valence-electron chi connectivity index (χ2n) is 6.51. The van der Waals surface area contributed by atoms with Crippen molar-refractivity contribution in [2.24, 2.45) is 0 Å². The van der Waals surface area contributed by atoms with E-state index >= 15 is 0 Å². The van der Waals surface area contributed by atoms with E-state index < -0.39 is 16.7 Å². The van der Waals surface area contributed by atoms with Gasteiger partial charge in [0.15, 0.2) is 16.6 Å². The number of ether oxygens (including phenoxy) is 1. The monoisotopic (exact) mass is 454 g/mol. The van der Waals surface area contributed by atoms with Crippen LogP contribution >= 0.6 is 12.2 Å². The first-order chi connectivity index (χ1) is 15.3. The van der Waals surface area contributed by atoms with Crippen molar-refractivity contribution in [3.63, 3.8) is 0 Å². The van der Waals surface area contributed by atoms with Gasteiger partial charge in [-0.3, -0.25) is 25.0 Å². The molecule has 0 atom stereocenters. The van der Waals surface area contributed by atoms with Crippen LogP contribution in [0.15, 0.2) is 59.2 Å². The van der Waals surface area contributed by atoms with Gasteiger partial charge in [-0.2, -0.15) is 0 Å². The molecule has 0 saturated carbocycles. The highest BCUT2D eigenvalue weighted by Crippen LogP contribution is 2.27. The molecule has 1 heterocycles. The van der Waals surface area contributed by atoms with Crippen LogP contribution in [-0.4, -0.2) is 29.0 Å². The number of thiocarbonyl (C=S) groups is 1. The highest BCUT2D eigenvalue weighted by Gasteiger charge is 2.19. The lowest BCUT2D eigenvalue weighted by Gasteiger charge is -2.14. The molecule has 32 heavy (non-hydrogen) atoms. The van der Waals surface area contributed by atoms with Crippen molar-refractivity contribution in [3.8, 4) is 5.75 Å². The SMILES string of the molecule is COc1ccc(C(=O)NC(=S)Nc2cc(NC(=O)c3ccco3)ccc2C)cc1[N+](=O)[O-]. The molecule has 0 unspecified atom stereocenters. The molecule has 3 rings (SSSR count). The standard InChI is InChI=1S/C21H18N4O6S/c1-12-5-7-14(22-20(27)18-4-3-9-31-18)11-15(12)23-21(32)24-19(26)13-6-8-17(30-2)16(10-13)25(28)29/h3-11H,1-2H3,(H,22,27)(H2,23,24,26,32). The zero-order valence-corrected chi connectivity index (χ0v) is 17.8. The lowest BCUT2D eigenvalue weighted by atomic mass is 10.1. The Kier molecular flexibility index (Phi) is 6.80. The maximum Gasteiger partial charge on any atom is 0.311 e. The molecule has 0 saturated heterocycles. The molecule has 1 aromatic heterocycles. The number of nitrogens with one attached hydrogen (secondary N) is 3. The Bertz CT molecular complexity index is 1190. The Hall–Kier alpha value is -4.25. The van der Waals surface area contributed by atoms with E-state index in [2.05, 4.69) is 16.0 Å². The van der Waals surface area contributed by atoms with E-state index in [0.717, 1.165) is 11.6 Å². The highest BCUT2D eigenvalue weighted by atomic mass is 32.1. The molecule has 0 aliphatic heterocycles. The fourth-order valence-electron chi connectivity index (χ4n) is 2.74. The molecule has 2 aromatic carbocycles. The third kappa shape index (κ3) is 5.26. The average Bonchev–Trinajstić information content (AvgIpc) is 3.30. The summed E-state index contributed by atoms with van der Waals surface area (Å²) >= 11 is 5.20. The maximum absolute atomic E-state index is 12.5. The Labute approximate surface area is 187 Å².